The van der Waals surface area contributed by atoms with Crippen LogP contribution in [0.4, 0.5) is 14.5 Å². The van der Waals surface area contributed by atoms with Crippen LogP contribution in [0.5, 0.6) is 5.75 Å². The smallest absolute Gasteiger partial charge is 0.288 e. The number of rotatable bonds is 6. The molecule has 0 heterocycles. The van der Waals surface area contributed by atoms with E-state index >= 15 is 0 Å². The maximum atomic E-state index is 12.6. The van der Waals surface area contributed by atoms with Crippen molar-refractivity contribution in [1.82, 2.24) is 0 Å². The summed E-state index contributed by atoms with van der Waals surface area (Å²) in [4.78, 5) is 0.541. The van der Waals surface area contributed by atoms with Gasteiger partial charge in [-0.05, 0) is 25.1 Å². The summed E-state index contributed by atoms with van der Waals surface area (Å²) in [5.74, 6) is -1.64. The van der Waals surface area contributed by atoms with E-state index in [0.29, 0.717) is 28.9 Å². The van der Waals surface area contributed by atoms with Crippen LogP contribution in [0.2, 0.25) is 0 Å². The normalized spacial score (nSPS) is 10.7. The fourth-order valence-corrected chi connectivity index (χ4v) is 2.66. The minimum absolute atomic E-state index is 0.520. The maximum absolute atomic E-state index is 12.6. The molecule has 2 nitrogen and oxygen atoms in total. The minimum Gasteiger partial charge on any atom is -0.496 e. The molecule has 0 aromatic heterocycles. The van der Waals surface area contributed by atoms with Crippen molar-refractivity contribution in [3.05, 3.63) is 53.6 Å². The first-order valence-electron chi connectivity index (χ1n) is 6.51. The Balaban J connectivity index is 2.15. The summed E-state index contributed by atoms with van der Waals surface area (Å²) in [6.45, 7) is 2.52. The van der Waals surface area contributed by atoms with E-state index in [2.05, 4.69) is 5.32 Å². The SMILES string of the molecule is COc1ccc(C)cc1CNc1ccccc1SC(F)F. The highest BCUT2D eigenvalue weighted by Crippen LogP contribution is 2.32. The maximum Gasteiger partial charge on any atom is 0.288 e. The van der Waals surface area contributed by atoms with Gasteiger partial charge in [0.15, 0.2) is 0 Å². The average molecular weight is 309 g/mol. The van der Waals surface area contributed by atoms with Gasteiger partial charge in [0.25, 0.3) is 5.76 Å². The Morgan fingerprint density at radius 1 is 1.19 bits per heavy atom. The van der Waals surface area contributed by atoms with Crippen LogP contribution in [-0.4, -0.2) is 12.9 Å². The molecule has 0 aliphatic rings. The number of alkyl halides is 2. The molecule has 0 saturated heterocycles. The summed E-state index contributed by atoms with van der Waals surface area (Å²) < 4.78 is 30.4. The molecule has 0 fully saturated rings. The predicted molar refractivity (Wildman–Crippen MR) is 83.4 cm³/mol. The van der Waals surface area contributed by atoms with Crippen LogP contribution < -0.4 is 10.1 Å². The third-order valence-corrected chi connectivity index (χ3v) is 3.80. The summed E-state index contributed by atoms with van der Waals surface area (Å²) in [7, 11) is 1.62. The molecule has 1 N–H and O–H groups in total. The van der Waals surface area contributed by atoms with Gasteiger partial charge in [-0.2, -0.15) is 8.78 Å². The number of hydrogen-bond acceptors (Lipinski definition) is 3. The number of ether oxygens (including phenoxy) is 1. The van der Waals surface area contributed by atoms with Crippen LogP contribution in [0.15, 0.2) is 47.4 Å². The lowest BCUT2D eigenvalue weighted by Gasteiger charge is -2.14. The number of para-hydroxylation sites is 1. The molecule has 2 aromatic rings. The lowest BCUT2D eigenvalue weighted by Crippen LogP contribution is -2.03. The molecule has 2 rings (SSSR count). The second-order valence-electron chi connectivity index (χ2n) is 4.54. The van der Waals surface area contributed by atoms with Crippen LogP contribution >= 0.6 is 11.8 Å². The zero-order valence-corrected chi connectivity index (χ0v) is 12.7. The largest absolute Gasteiger partial charge is 0.496 e. The molecular formula is C16H17F2NOS. The highest BCUT2D eigenvalue weighted by molar-refractivity contribution is 7.99. The van der Waals surface area contributed by atoms with Crippen molar-refractivity contribution in [3.8, 4) is 5.75 Å². The highest BCUT2D eigenvalue weighted by Gasteiger charge is 2.10. The molecule has 2 aromatic carbocycles. The molecule has 112 valence electrons. The first-order valence-corrected chi connectivity index (χ1v) is 7.39. The first kappa shape index (κ1) is 15.6. The topological polar surface area (TPSA) is 21.3 Å². The van der Waals surface area contributed by atoms with Crippen molar-refractivity contribution in [2.24, 2.45) is 0 Å². The van der Waals surface area contributed by atoms with E-state index in [1.165, 1.54) is 0 Å². The lowest BCUT2D eigenvalue weighted by molar-refractivity contribution is 0.252. The van der Waals surface area contributed by atoms with Gasteiger partial charge in [0.1, 0.15) is 5.75 Å². The second kappa shape index (κ2) is 7.31. The van der Waals surface area contributed by atoms with Gasteiger partial charge in [-0.1, -0.05) is 41.6 Å². The molecule has 0 amide bonds. The number of methoxy groups -OCH3 is 1. The number of thioether (sulfide) groups is 1. The fourth-order valence-electron chi connectivity index (χ4n) is 2.05. The molecule has 0 atom stereocenters. The average Bonchev–Trinajstić information content (AvgIpc) is 2.46. The van der Waals surface area contributed by atoms with Crippen LogP contribution in [0.3, 0.4) is 0 Å². The van der Waals surface area contributed by atoms with Crippen LogP contribution in [0.1, 0.15) is 11.1 Å². The van der Waals surface area contributed by atoms with E-state index in [1.54, 1.807) is 25.3 Å². The molecule has 5 heteroatoms. The third kappa shape index (κ3) is 4.36. The molecule has 0 aliphatic heterocycles. The number of nitrogens with one attached hydrogen (secondary N) is 1. The summed E-state index contributed by atoms with van der Waals surface area (Å²) in [6, 6.07) is 13.0. The van der Waals surface area contributed by atoms with E-state index < -0.39 is 5.76 Å². The van der Waals surface area contributed by atoms with Gasteiger partial charge < -0.3 is 10.1 Å². The van der Waals surface area contributed by atoms with Gasteiger partial charge in [-0.3, -0.25) is 0 Å². The number of halogens is 2. The Kier molecular flexibility index (Phi) is 5.44. The fraction of sp³-hybridized carbons (Fsp3) is 0.250. The van der Waals surface area contributed by atoms with Crippen molar-refractivity contribution in [3.63, 3.8) is 0 Å². The second-order valence-corrected chi connectivity index (χ2v) is 5.58. The molecule has 0 radical (unpaired) electrons. The van der Waals surface area contributed by atoms with Gasteiger partial charge >= 0.3 is 0 Å². The Morgan fingerprint density at radius 2 is 1.95 bits per heavy atom. The molecule has 0 spiro atoms. The summed E-state index contributed by atoms with van der Waals surface area (Å²) >= 11 is 0.546. The first-order chi connectivity index (χ1) is 10.1. The number of anilines is 1. The van der Waals surface area contributed by atoms with Gasteiger partial charge in [0, 0.05) is 22.7 Å². The molecular weight excluding hydrogens is 292 g/mol. The molecule has 0 saturated carbocycles. The van der Waals surface area contributed by atoms with Crippen LogP contribution in [0.25, 0.3) is 0 Å². The van der Waals surface area contributed by atoms with Crippen LogP contribution in [-0.2, 0) is 6.54 Å². The van der Waals surface area contributed by atoms with Gasteiger partial charge in [0.2, 0.25) is 0 Å². The summed E-state index contributed by atoms with van der Waals surface area (Å²) in [5.41, 5.74) is 2.82. The van der Waals surface area contributed by atoms with Crippen molar-refractivity contribution >= 4 is 17.4 Å². The number of aryl methyl sites for hydroxylation is 1. The quantitative estimate of drug-likeness (QED) is 0.764. The van der Waals surface area contributed by atoms with E-state index in [1.807, 2.05) is 31.2 Å². The van der Waals surface area contributed by atoms with E-state index in [4.69, 9.17) is 4.74 Å². The van der Waals surface area contributed by atoms with Crippen LogP contribution in [0, 0.1) is 6.92 Å². The standard InChI is InChI=1S/C16H17F2NOS/c1-11-7-8-14(20-2)12(9-11)10-19-13-5-3-4-6-15(13)21-16(17)18/h3-9,16,19H,10H2,1-2H3. The molecule has 21 heavy (non-hydrogen) atoms. The van der Waals surface area contributed by atoms with Crippen molar-refractivity contribution in [2.45, 2.75) is 24.1 Å². The monoisotopic (exact) mass is 309 g/mol. The summed E-state index contributed by atoms with van der Waals surface area (Å²) in [5, 5.41) is 3.20. The Bertz CT molecular complexity index is 605. The minimum atomic E-state index is -2.43. The Morgan fingerprint density at radius 3 is 2.67 bits per heavy atom. The molecule has 0 unspecified atom stereocenters. The van der Waals surface area contributed by atoms with Crippen molar-refractivity contribution in [1.29, 1.82) is 0 Å². The lowest BCUT2D eigenvalue weighted by atomic mass is 10.1. The van der Waals surface area contributed by atoms with Gasteiger partial charge in [0.05, 0.1) is 7.11 Å². The zero-order valence-electron chi connectivity index (χ0n) is 11.9. The van der Waals surface area contributed by atoms with E-state index in [0.717, 1.165) is 16.9 Å². The van der Waals surface area contributed by atoms with E-state index in [9.17, 15) is 8.78 Å². The zero-order chi connectivity index (χ0) is 15.2. The molecule has 0 aliphatic carbocycles. The van der Waals surface area contributed by atoms with Crippen molar-refractivity contribution < 1.29 is 13.5 Å². The highest BCUT2D eigenvalue weighted by atomic mass is 32.2. The van der Waals surface area contributed by atoms with Crippen molar-refractivity contribution in [2.75, 3.05) is 12.4 Å². The number of hydrogen-bond donors (Lipinski definition) is 1. The Labute approximate surface area is 127 Å². The predicted octanol–water partition coefficient (Wildman–Crippen LogP) is 4.93. The van der Waals surface area contributed by atoms with Gasteiger partial charge in [-0.25, -0.2) is 0 Å². The Hall–Kier alpha value is -1.75. The summed E-state index contributed by atoms with van der Waals surface area (Å²) in [6.07, 6.45) is 0. The number of benzene rings is 2. The molecule has 0 bridgehead atoms. The van der Waals surface area contributed by atoms with Gasteiger partial charge in [-0.15, -0.1) is 0 Å². The van der Waals surface area contributed by atoms with E-state index in [-0.39, 0.29) is 0 Å². The third-order valence-electron chi connectivity index (χ3n) is 3.01.